The molecule has 0 fully saturated rings. The van der Waals surface area contributed by atoms with E-state index in [1.54, 1.807) is 20.9 Å². The second-order valence-electron chi connectivity index (χ2n) is 5.26. The Balaban J connectivity index is 2.77. The van der Waals surface area contributed by atoms with Crippen molar-refractivity contribution < 1.29 is 23.1 Å². The molecule has 124 valence electrons. The van der Waals surface area contributed by atoms with Crippen LogP contribution in [0, 0.1) is 5.92 Å². The van der Waals surface area contributed by atoms with Crippen molar-refractivity contribution in [1.29, 1.82) is 0 Å². The summed E-state index contributed by atoms with van der Waals surface area (Å²) in [6.45, 7) is 4.62. The largest absolute Gasteiger partial charge is 0.480 e. The SMILES string of the molecule is CC(NS(=O)(=O)c1cnn(C)c1)C(=O)N[C@@H](C(=O)O)C(C)C. The maximum absolute atomic E-state index is 12.1. The van der Waals surface area contributed by atoms with Crippen molar-refractivity contribution >= 4 is 21.9 Å². The van der Waals surface area contributed by atoms with E-state index in [0.717, 1.165) is 6.20 Å². The number of carbonyl (C=O) groups is 2. The Morgan fingerprint density at radius 2 is 1.91 bits per heavy atom. The number of nitrogens with zero attached hydrogens (tertiary/aromatic N) is 2. The van der Waals surface area contributed by atoms with E-state index >= 15 is 0 Å². The number of nitrogens with one attached hydrogen (secondary N) is 2. The first-order valence-electron chi connectivity index (χ1n) is 6.58. The molecule has 0 radical (unpaired) electrons. The van der Waals surface area contributed by atoms with Gasteiger partial charge in [0, 0.05) is 13.2 Å². The molecule has 0 aliphatic heterocycles. The van der Waals surface area contributed by atoms with E-state index in [1.165, 1.54) is 17.8 Å². The predicted octanol–water partition coefficient (Wildman–Crippen LogP) is -0.688. The first-order chi connectivity index (χ1) is 10.0. The summed E-state index contributed by atoms with van der Waals surface area (Å²) >= 11 is 0. The number of amides is 1. The molecule has 0 saturated heterocycles. The minimum atomic E-state index is -3.90. The van der Waals surface area contributed by atoms with E-state index in [2.05, 4.69) is 15.1 Å². The zero-order chi connectivity index (χ0) is 17.1. The van der Waals surface area contributed by atoms with Gasteiger partial charge in [-0.05, 0) is 12.8 Å². The van der Waals surface area contributed by atoms with Crippen molar-refractivity contribution in [3.8, 4) is 0 Å². The Labute approximate surface area is 128 Å². The number of hydrogen-bond donors (Lipinski definition) is 3. The fraction of sp³-hybridized carbons (Fsp3) is 0.583. The molecule has 1 heterocycles. The minimum absolute atomic E-state index is 0.0757. The van der Waals surface area contributed by atoms with Gasteiger partial charge in [-0.1, -0.05) is 13.8 Å². The van der Waals surface area contributed by atoms with E-state index < -0.39 is 34.0 Å². The number of sulfonamides is 1. The van der Waals surface area contributed by atoms with E-state index in [0.29, 0.717) is 0 Å². The summed E-state index contributed by atoms with van der Waals surface area (Å²) in [4.78, 5) is 22.9. The average Bonchev–Trinajstić information content (AvgIpc) is 2.81. The number of aliphatic carboxylic acids is 1. The standard InChI is InChI=1S/C12H20N4O5S/c1-7(2)10(12(18)19)14-11(17)8(3)15-22(20,21)9-5-13-16(4)6-9/h5-8,10,15H,1-4H3,(H,14,17)(H,18,19)/t8?,10-/m1/s1. The Hall–Kier alpha value is -1.94. The third-order valence-corrected chi connectivity index (χ3v) is 4.44. The van der Waals surface area contributed by atoms with Crippen LogP contribution in [0.15, 0.2) is 17.3 Å². The molecule has 1 rings (SSSR count). The van der Waals surface area contributed by atoms with Gasteiger partial charge in [0.2, 0.25) is 15.9 Å². The number of aromatic nitrogens is 2. The summed E-state index contributed by atoms with van der Waals surface area (Å²) in [6.07, 6.45) is 2.45. The van der Waals surface area contributed by atoms with Crippen molar-refractivity contribution in [3.63, 3.8) is 0 Å². The minimum Gasteiger partial charge on any atom is -0.480 e. The first-order valence-corrected chi connectivity index (χ1v) is 8.07. The highest BCUT2D eigenvalue weighted by Crippen LogP contribution is 2.07. The zero-order valence-corrected chi connectivity index (χ0v) is 13.6. The van der Waals surface area contributed by atoms with Gasteiger partial charge in [0.25, 0.3) is 0 Å². The third-order valence-electron chi connectivity index (χ3n) is 2.95. The van der Waals surface area contributed by atoms with Crippen molar-refractivity contribution in [2.24, 2.45) is 13.0 Å². The maximum Gasteiger partial charge on any atom is 0.326 e. The molecule has 9 nitrogen and oxygen atoms in total. The van der Waals surface area contributed by atoms with Gasteiger partial charge in [0.1, 0.15) is 10.9 Å². The Morgan fingerprint density at radius 3 is 2.32 bits per heavy atom. The van der Waals surface area contributed by atoms with E-state index in [4.69, 9.17) is 5.11 Å². The Morgan fingerprint density at radius 1 is 1.32 bits per heavy atom. The lowest BCUT2D eigenvalue weighted by Crippen LogP contribution is -2.51. The van der Waals surface area contributed by atoms with Crippen molar-refractivity contribution in [2.75, 3.05) is 0 Å². The zero-order valence-electron chi connectivity index (χ0n) is 12.8. The van der Waals surface area contributed by atoms with Crippen LogP contribution in [-0.4, -0.2) is 47.3 Å². The van der Waals surface area contributed by atoms with Crippen LogP contribution in [0.3, 0.4) is 0 Å². The van der Waals surface area contributed by atoms with Crippen LogP contribution < -0.4 is 10.0 Å². The van der Waals surface area contributed by atoms with Gasteiger partial charge in [-0.2, -0.15) is 9.82 Å². The molecule has 3 N–H and O–H groups in total. The van der Waals surface area contributed by atoms with Crippen molar-refractivity contribution in [1.82, 2.24) is 19.8 Å². The van der Waals surface area contributed by atoms with Gasteiger partial charge in [0.05, 0.1) is 12.2 Å². The Kier molecular flexibility index (Phi) is 5.66. The molecule has 1 aromatic heterocycles. The van der Waals surface area contributed by atoms with Gasteiger partial charge < -0.3 is 10.4 Å². The molecule has 0 aliphatic carbocycles. The van der Waals surface area contributed by atoms with Gasteiger partial charge in [-0.15, -0.1) is 0 Å². The normalized spacial score (nSPS) is 14.6. The highest BCUT2D eigenvalue weighted by Gasteiger charge is 2.28. The average molecular weight is 332 g/mol. The molecule has 10 heteroatoms. The lowest BCUT2D eigenvalue weighted by atomic mass is 10.0. The van der Waals surface area contributed by atoms with Gasteiger partial charge in [0.15, 0.2) is 0 Å². The van der Waals surface area contributed by atoms with Crippen LogP contribution in [0.5, 0.6) is 0 Å². The molecule has 1 aromatic rings. The Bertz CT molecular complexity index is 652. The van der Waals surface area contributed by atoms with Gasteiger partial charge in [-0.25, -0.2) is 13.2 Å². The summed E-state index contributed by atoms with van der Waals surface area (Å²) in [5.41, 5.74) is 0. The lowest BCUT2D eigenvalue weighted by Gasteiger charge is -2.20. The first kappa shape index (κ1) is 18.1. The number of carboxylic acid groups (broad SMARTS) is 1. The molecule has 0 aromatic carbocycles. The summed E-state index contributed by atoms with van der Waals surface area (Å²) in [6, 6.07) is -2.20. The smallest absolute Gasteiger partial charge is 0.326 e. The highest BCUT2D eigenvalue weighted by molar-refractivity contribution is 7.89. The van der Waals surface area contributed by atoms with Crippen LogP contribution in [-0.2, 0) is 26.7 Å². The summed E-state index contributed by atoms with van der Waals surface area (Å²) in [7, 11) is -2.34. The van der Waals surface area contributed by atoms with Crippen LogP contribution >= 0.6 is 0 Å². The number of carbonyl (C=O) groups excluding carboxylic acids is 1. The molecular formula is C12H20N4O5S. The predicted molar refractivity (Wildman–Crippen MR) is 77.4 cm³/mol. The molecular weight excluding hydrogens is 312 g/mol. The van der Waals surface area contributed by atoms with Crippen molar-refractivity contribution in [3.05, 3.63) is 12.4 Å². The maximum atomic E-state index is 12.1. The molecule has 22 heavy (non-hydrogen) atoms. The third kappa shape index (κ3) is 4.53. The molecule has 0 aliphatic rings. The molecule has 0 bridgehead atoms. The summed E-state index contributed by atoms with van der Waals surface area (Å²) < 4.78 is 27.6. The topological polar surface area (TPSA) is 130 Å². The van der Waals surface area contributed by atoms with E-state index in [-0.39, 0.29) is 10.8 Å². The molecule has 1 amide bonds. The number of rotatable bonds is 7. The number of aryl methyl sites for hydroxylation is 1. The van der Waals surface area contributed by atoms with Crippen molar-refractivity contribution in [2.45, 2.75) is 37.8 Å². The molecule has 0 saturated carbocycles. The van der Waals surface area contributed by atoms with E-state index in [9.17, 15) is 18.0 Å². The highest BCUT2D eigenvalue weighted by atomic mass is 32.2. The lowest BCUT2D eigenvalue weighted by molar-refractivity contribution is -0.143. The second kappa shape index (κ2) is 6.88. The van der Waals surface area contributed by atoms with Gasteiger partial charge in [-0.3, -0.25) is 9.48 Å². The van der Waals surface area contributed by atoms with Crippen LogP contribution in [0.4, 0.5) is 0 Å². The van der Waals surface area contributed by atoms with Crippen LogP contribution in [0.25, 0.3) is 0 Å². The second-order valence-corrected chi connectivity index (χ2v) is 6.98. The fourth-order valence-corrected chi connectivity index (χ4v) is 2.87. The van der Waals surface area contributed by atoms with E-state index in [1.807, 2.05) is 0 Å². The van der Waals surface area contributed by atoms with Crippen LogP contribution in [0.1, 0.15) is 20.8 Å². The number of hydrogen-bond acceptors (Lipinski definition) is 5. The molecule has 0 spiro atoms. The summed E-state index contributed by atoms with van der Waals surface area (Å²) in [5.74, 6) is -2.22. The quantitative estimate of drug-likeness (QED) is 0.606. The fourth-order valence-electron chi connectivity index (χ4n) is 1.68. The monoisotopic (exact) mass is 332 g/mol. The molecule has 1 unspecified atom stereocenters. The number of carboxylic acids is 1. The summed E-state index contributed by atoms with van der Waals surface area (Å²) in [5, 5.41) is 15.1. The molecule has 2 atom stereocenters. The van der Waals surface area contributed by atoms with Gasteiger partial charge >= 0.3 is 5.97 Å². The van der Waals surface area contributed by atoms with Crippen LogP contribution in [0.2, 0.25) is 0 Å².